The summed E-state index contributed by atoms with van der Waals surface area (Å²) in [6, 6.07) is 8.50. The fourth-order valence-corrected chi connectivity index (χ4v) is 8.11. The van der Waals surface area contributed by atoms with Crippen LogP contribution in [0.4, 0.5) is 10.5 Å². The number of amides is 7. The number of ether oxygens (including phenoxy) is 1. The molecule has 0 aliphatic carbocycles. The average Bonchev–Trinajstić information content (AvgIpc) is 3.83. The van der Waals surface area contributed by atoms with Gasteiger partial charge in [0.25, 0.3) is 0 Å². The van der Waals surface area contributed by atoms with Crippen LogP contribution in [0, 0.1) is 5.92 Å². The Balaban J connectivity index is 1.30. The summed E-state index contributed by atoms with van der Waals surface area (Å²) in [5.41, 5.74) is 1.04. The Morgan fingerprint density at radius 1 is 0.836 bits per heavy atom. The molecule has 2 aromatic carbocycles. The van der Waals surface area contributed by atoms with Crippen molar-refractivity contribution in [2.45, 2.75) is 95.0 Å². The van der Waals surface area contributed by atoms with E-state index in [1.165, 1.54) is 14.7 Å². The zero-order valence-corrected chi connectivity index (χ0v) is 31.8. The number of hydrogen-bond acceptors (Lipinski definition) is 8. The molecule has 0 aromatic heterocycles. The van der Waals surface area contributed by atoms with Gasteiger partial charge in [-0.2, -0.15) is 0 Å². The third kappa shape index (κ3) is 9.21. The Morgan fingerprint density at radius 3 is 2.29 bits per heavy atom. The van der Waals surface area contributed by atoms with Crippen LogP contribution in [0.3, 0.4) is 0 Å². The molecule has 55 heavy (non-hydrogen) atoms. The highest BCUT2D eigenvalue weighted by atomic mass is 35.5. The summed E-state index contributed by atoms with van der Waals surface area (Å²) in [5.74, 6) is -3.54. The number of urea groups is 1. The number of esters is 1. The number of piperidine rings is 1. The Morgan fingerprint density at radius 2 is 1.53 bits per heavy atom. The summed E-state index contributed by atoms with van der Waals surface area (Å²) in [6.07, 6.45) is 2.95. The van der Waals surface area contributed by atoms with Crippen molar-refractivity contribution < 1.29 is 38.3 Å². The van der Waals surface area contributed by atoms with Gasteiger partial charge in [0.15, 0.2) is 0 Å². The van der Waals surface area contributed by atoms with Crippen LogP contribution in [0.5, 0.6) is 0 Å². The first-order valence-corrected chi connectivity index (χ1v) is 19.3. The molecule has 4 heterocycles. The maximum absolute atomic E-state index is 14.5. The van der Waals surface area contributed by atoms with Crippen LogP contribution in [0.25, 0.3) is 0 Å². The van der Waals surface area contributed by atoms with Gasteiger partial charge in [-0.15, -0.1) is 0 Å². The second-order valence-electron chi connectivity index (χ2n) is 14.8. The van der Waals surface area contributed by atoms with Crippen LogP contribution in [0.15, 0.2) is 54.6 Å². The van der Waals surface area contributed by atoms with E-state index >= 15 is 0 Å². The lowest BCUT2D eigenvalue weighted by atomic mass is 9.99. The minimum Gasteiger partial charge on any atom is -0.461 e. The van der Waals surface area contributed by atoms with Crippen molar-refractivity contribution in [1.82, 2.24) is 30.7 Å². The molecule has 2 aromatic rings. The van der Waals surface area contributed by atoms with Gasteiger partial charge in [0.05, 0.1) is 10.7 Å². The van der Waals surface area contributed by atoms with Crippen LogP contribution in [-0.4, -0.2) is 119 Å². The Hall–Kier alpha value is -5.18. The molecule has 7 atom stereocenters. The summed E-state index contributed by atoms with van der Waals surface area (Å²) in [5, 5.41) is 11.1. The number of fused-ring (bicyclic) bond motifs is 3. The number of rotatable bonds is 6. The van der Waals surface area contributed by atoms with Gasteiger partial charge in [0, 0.05) is 26.1 Å². The predicted octanol–water partition coefficient (Wildman–Crippen LogP) is 2.23. The second-order valence-corrected chi connectivity index (χ2v) is 15.2. The lowest BCUT2D eigenvalue weighted by Crippen LogP contribution is -2.62. The fraction of sp³-hybridized carbons (Fsp3) is 0.513. The number of nitrogens with one attached hydrogen (secondary N) is 4. The third-order valence-corrected chi connectivity index (χ3v) is 11.1. The lowest BCUT2D eigenvalue weighted by molar-refractivity contribution is -0.158. The number of para-hydroxylation sites is 1. The molecular weight excluding hydrogens is 730 g/mol. The SMILES string of the molecule is C[C@@H]1C[C@H]2C(=O)OC[C@H](NC(=O)[C@H](Cc3ccccc3)NC(=O)Nc3ccccc3Cl)C(=O)N3CCC[C@H]3C(=O)N3CCCC[C@H]3C(=O)N[C@@H](C)C(=O)N2C1. The molecule has 4 aliphatic heterocycles. The van der Waals surface area contributed by atoms with Crippen LogP contribution in [-0.2, 0) is 39.9 Å². The summed E-state index contributed by atoms with van der Waals surface area (Å²) in [7, 11) is 0. The molecule has 0 spiro atoms. The second kappa shape index (κ2) is 17.5. The standard InChI is InChI=1S/C39H48ClN7O8/c1-23-19-32-38(53)55-22-29(42-33(48)28(20-25-11-4-3-5-12-25)44-39(54)43-27-14-7-6-13-26(27)40)36(51)46-18-10-16-31(46)37(52)45-17-9-8-15-30(45)34(49)41-24(2)35(50)47(32)21-23/h3-7,11-14,23-24,28-32H,8-10,15-22H2,1-2H3,(H,41,49)(H,42,48)(H2,43,44,54)/t23-,24+,28+,29+,30+,31+,32+/m1/s1. The van der Waals surface area contributed by atoms with E-state index in [-0.39, 0.29) is 30.5 Å². The first kappa shape index (κ1) is 39.5. The van der Waals surface area contributed by atoms with Crippen molar-refractivity contribution in [2.24, 2.45) is 5.92 Å². The normalized spacial score (nSPS) is 27.0. The van der Waals surface area contributed by atoms with Crippen molar-refractivity contribution in [2.75, 3.05) is 31.6 Å². The van der Waals surface area contributed by atoms with Crippen molar-refractivity contribution in [3.8, 4) is 0 Å². The lowest BCUT2D eigenvalue weighted by Gasteiger charge is -2.39. The van der Waals surface area contributed by atoms with E-state index in [9.17, 15) is 33.6 Å². The van der Waals surface area contributed by atoms with E-state index in [2.05, 4.69) is 21.3 Å². The van der Waals surface area contributed by atoms with Gasteiger partial charge in [-0.1, -0.05) is 61.0 Å². The number of cyclic esters (lactones) is 1. The first-order chi connectivity index (χ1) is 26.4. The van der Waals surface area contributed by atoms with Gasteiger partial charge in [-0.25, -0.2) is 9.59 Å². The van der Waals surface area contributed by atoms with Crippen LogP contribution < -0.4 is 21.3 Å². The minimum atomic E-state index is -1.45. The Labute approximate surface area is 324 Å². The molecular formula is C39H48ClN7O8. The quantitative estimate of drug-likeness (QED) is 0.322. The van der Waals surface area contributed by atoms with Gasteiger partial charge < -0.3 is 40.7 Å². The molecule has 0 saturated carbocycles. The van der Waals surface area contributed by atoms with E-state index < -0.39 is 84.4 Å². The summed E-state index contributed by atoms with van der Waals surface area (Å²) >= 11 is 6.25. The molecule has 7 amide bonds. The van der Waals surface area contributed by atoms with Gasteiger partial charge in [-0.05, 0) is 69.1 Å². The zero-order valence-electron chi connectivity index (χ0n) is 31.0. The van der Waals surface area contributed by atoms with Gasteiger partial charge in [0.2, 0.25) is 29.5 Å². The average molecular weight is 778 g/mol. The number of anilines is 1. The van der Waals surface area contributed by atoms with Crippen molar-refractivity contribution in [3.05, 3.63) is 65.2 Å². The molecule has 0 unspecified atom stereocenters. The third-order valence-electron chi connectivity index (χ3n) is 10.7. The number of nitrogens with zero attached hydrogens (tertiary/aromatic N) is 3. The van der Waals surface area contributed by atoms with Gasteiger partial charge in [-0.3, -0.25) is 24.0 Å². The van der Waals surface area contributed by atoms with Crippen LogP contribution in [0.2, 0.25) is 5.02 Å². The van der Waals surface area contributed by atoms with Crippen molar-refractivity contribution in [1.29, 1.82) is 0 Å². The maximum atomic E-state index is 14.5. The Kier molecular flexibility index (Phi) is 12.6. The predicted molar refractivity (Wildman–Crippen MR) is 201 cm³/mol. The monoisotopic (exact) mass is 777 g/mol. The Bertz CT molecular complexity index is 1800. The number of hydrogen-bond donors (Lipinski definition) is 4. The van der Waals surface area contributed by atoms with E-state index in [1.807, 2.05) is 13.0 Å². The number of benzene rings is 2. The van der Waals surface area contributed by atoms with E-state index in [4.69, 9.17) is 16.3 Å². The highest BCUT2D eigenvalue weighted by Gasteiger charge is 2.46. The maximum Gasteiger partial charge on any atom is 0.328 e. The topological polar surface area (TPSA) is 187 Å². The molecule has 4 aliphatic rings. The largest absolute Gasteiger partial charge is 0.461 e. The molecule has 16 heteroatoms. The highest BCUT2D eigenvalue weighted by Crippen LogP contribution is 2.28. The highest BCUT2D eigenvalue weighted by molar-refractivity contribution is 6.33. The molecule has 4 saturated heterocycles. The fourth-order valence-electron chi connectivity index (χ4n) is 7.93. The smallest absolute Gasteiger partial charge is 0.328 e. The van der Waals surface area contributed by atoms with Gasteiger partial charge >= 0.3 is 12.0 Å². The summed E-state index contributed by atoms with van der Waals surface area (Å²) in [6.45, 7) is 3.63. The van der Waals surface area contributed by atoms with E-state index in [1.54, 1.807) is 55.5 Å². The minimum absolute atomic E-state index is 0.0434. The van der Waals surface area contributed by atoms with Crippen molar-refractivity contribution in [3.63, 3.8) is 0 Å². The first-order valence-electron chi connectivity index (χ1n) is 19.0. The molecule has 0 bridgehead atoms. The van der Waals surface area contributed by atoms with E-state index in [0.717, 1.165) is 5.56 Å². The molecule has 4 fully saturated rings. The summed E-state index contributed by atoms with van der Waals surface area (Å²) < 4.78 is 5.73. The zero-order chi connectivity index (χ0) is 39.2. The van der Waals surface area contributed by atoms with Crippen molar-refractivity contribution >= 4 is 58.8 Å². The molecule has 0 radical (unpaired) electrons. The van der Waals surface area contributed by atoms with Crippen LogP contribution in [0.1, 0.15) is 57.9 Å². The van der Waals surface area contributed by atoms with Gasteiger partial charge in [0.1, 0.15) is 42.9 Å². The molecule has 15 nitrogen and oxygen atoms in total. The number of carbonyl (C=O) groups is 7. The van der Waals surface area contributed by atoms with Crippen LogP contribution >= 0.6 is 11.6 Å². The molecule has 6 rings (SSSR count). The van der Waals surface area contributed by atoms with E-state index in [0.29, 0.717) is 50.8 Å². The molecule has 4 N–H and O–H groups in total. The number of carbonyl (C=O) groups excluding carboxylic acids is 7. The number of halogens is 1. The summed E-state index contributed by atoms with van der Waals surface area (Å²) in [4.78, 5) is 101. The molecule has 294 valence electrons.